The Morgan fingerprint density at radius 1 is 0.636 bits per heavy atom. The summed E-state index contributed by atoms with van der Waals surface area (Å²) < 4.78 is 38.9. The van der Waals surface area contributed by atoms with Crippen LogP contribution < -0.4 is 9.47 Å². The number of nitrogens with zero attached hydrogens (tertiary/aromatic N) is 4. The lowest BCUT2D eigenvalue weighted by Gasteiger charge is -2.06. The molecule has 0 aliphatic carbocycles. The van der Waals surface area contributed by atoms with Gasteiger partial charge in [-0.15, -0.1) is 5.11 Å². The molecule has 4 rings (SSSR count). The third-order valence-corrected chi connectivity index (χ3v) is 6.70. The summed E-state index contributed by atoms with van der Waals surface area (Å²) in [6, 6.07) is 23.0. The van der Waals surface area contributed by atoms with E-state index in [0.29, 0.717) is 18.0 Å². The molecule has 7 nitrogen and oxygen atoms in total. The van der Waals surface area contributed by atoms with Gasteiger partial charge in [-0.3, -0.25) is 0 Å². The summed E-state index contributed by atoms with van der Waals surface area (Å²) in [7, 11) is 0. The number of hydrogen-bond donors (Lipinski definition) is 0. The Kier molecular flexibility index (Phi) is 12.7. The van der Waals surface area contributed by atoms with E-state index in [1.807, 2.05) is 24.3 Å². The summed E-state index contributed by atoms with van der Waals surface area (Å²) in [6.07, 6.45) is 10.1. The topological polar surface area (TPSA) is 85.0 Å². The summed E-state index contributed by atoms with van der Waals surface area (Å²) in [4.78, 5) is 12.6. The minimum Gasteiger partial charge on any atom is -0.494 e. The smallest absolute Gasteiger partial charge is 0.343 e. The fourth-order valence-electron chi connectivity index (χ4n) is 4.26. The number of carbonyl (C=O) groups excluding carboxylic acids is 1. The number of azo groups is 2. The fraction of sp³-hybridized carbons (Fsp3) is 0.286. The summed E-state index contributed by atoms with van der Waals surface area (Å²) in [6.45, 7) is 2.94. The van der Waals surface area contributed by atoms with Gasteiger partial charge in [-0.25, -0.2) is 13.6 Å². The number of unbranched alkanes of at least 4 members (excludes halogenated alkanes) is 7. The highest BCUT2D eigenvalue weighted by Gasteiger charge is 2.11. The van der Waals surface area contributed by atoms with Gasteiger partial charge >= 0.3 is 5.97 Å². The number of esters is 1. The molecular weight excluding hydrogens is 562 g/mol. The average molecular weight is 599 g/mol. The molecule has 0 saturated heterocycles. The van der Waals surface area contributed by atoms with Crippen LogP contribution in [0.25, 0.3) is 0 Å². The first-order chi connectivity index (χ1) is 21.5. The summed E-state index contributed by atoms with van der Waals surface area (Å²) >= 11 is 0. The molecular formula is C35H36F2N4O3. The molecule has 9 heteroatoms. The van der Waals surface area contributed by atoms with Crippen molar-refractivity contribution in [1.29, 1.82) is 0 Å². The average Bonchev–Trinajstić information content (AvgIpc) is 3.03. The standard InChI is InChI=1S/C35H36F2N4O3/c1-2-3-4-5-6-7-8-9-23-43-31-19-17-29(18-20-31)39-38-28-15-13-26(14-16-28)35(42)44-32-21-22-34(33(37)25-32)41-40-30-12-10-11-27(36)24-30/h10-22,24-25H,2-9,23H2,1H3. The predicted molar refractivity (Wildman–Crippen MR) is 167 cm³/mol. The van der Waals surface area contributed by atoms with Crippen molar-refractivity contribution in [3.63, 3.8) is 0 Å². The summed E-state index contributed by atoms with van der Waals surface area (Å²) in [5.41, 5.74) is 1.65. The lowest BCUT2D eigenvalue weighted by atomic mass is 10.1. The van der Waals surface area contributed by atoms with E-state index in [1.165, 1.54) is 75.3 Å². The fourth-order valence-corrected chi connectivity index (χ4v) is 4.26. The minimum absolute atomic E-state index is 0.00574. The van der Waals surface area contributed by atoms with E-state index < -0.39 is 17.6 Å². The Morgan fingerprint density at radius 3 is 1.91 bits per heavy atom. The molecule has 0 fully saturated rings. The molecule has 0 amide bonds. The molecule has 0 aromatic heterocycles. The summed E-state index contributed by atoms with van der Waals surface area (Å²) in [5.74, 6) is -1.07. The molecule has 0 aliphatic heterocycles. The third kappa shape index (κ3) is 10.8. The molecule has 4 aromatic carbocycles. The first-order valence-corrected chi connectivity index (χ1v) is 14.9. The summed E-state index contributed by atoms with van der Waals surface area (Å²) in [5, 5.41) is 16.1. The van der Waals surface area contributed by atoms with Gasteiger partial charge in [0.25, 0.3) is 0 Å². The highest BCUT2D eigenvalue weighted by molar-refractivity contribution is 5.91. The molecule has 0 unspecified atom stereocenters. The molecule has 4 aromatic rings. The Labute approximate surface area is 256 Å². The van der Waals surface area contributed by atoms with E-state index in [-0.39, 0.29) is 22.7 Å². The second kappa shape index (κ2) is 17.4. The molecule has 0 N–H and O–H groups in total. The maximum absolute atomic E-state index is 14.5. The van der Waals surface area contributed by atoms with Crippen molar-refractivity contribution >= 4 is 28.7 Å². The lowest BCUT2D eigenvalue weighted by molar-refractivity contribution is 0.0734. The Hall–Kier alpha value is -4.79. The predicted octanol–water partition coefficient (Wildman–Crippen LogP) is 11.5. The Balaban J connectivity index is 1.21. The van der Waals surface area contributed by atoms with Gasteiger partial charge < -0.3 is 9.47 Å². The van der Waals surface area contributed by atoms with E-state index in [4.69, 9.17) is 9.47 Å². The van der Waals surface area contributed by atoms with Crippen molar-refractivity contribution in [3.05, 3.63) is 108 Å². The van der Waals surface area contributed by atoms with Crippen molar-refractivity contribution in [2.75, 3.05) is 6.61 Å². The van der Waals surface area contributed by atoms with Crippen LogP contribution >= 0.6 is 0 Å². The van der Waals surface area contributed by atoms with Gasteiger partial charge in [-0.1, -0.05) is 57.9 Å². The first-order valence-electron chi connectivity index (χ1n) is 14.9. The van der Waals surface area contributed by atoms with E-state index in [9.17, 15) is 13.6 Å². The number of carbonyl (C=O) groups is 1. The number of benzene rings is 4. The largest absolute Gasteiger partial charge is 0.494 e. The van der Waals surface area contributed by atoms with Crippen LogP contribution in [0.2, 0.25) is 0 Å². The quantitative estimate of drug-likeness (QED) is 0.0556. The zero-order valence-corrected chi connectivity index (χ0v) is 24.8. The second-order valence-electron chi connectivity index (χ2n) is 10.2. The van der Waals surface area contributed by atoms with Crippen molar-refractivity contribution in [2.45, 2.75) is 58.3 Å². The van der Waals surface area contributed by atoms with E-state index in [0.717, 1.165) is 18.2 Å². The van der Waals surface area contributed by atoms with E-state index in [1.54, 1.807) is 30.3 Å². The van der Waals surface area contributed by atoms with Crippen LogP contribution in [0.5, 0.6) is 11.5 Å². The molecule has 0 heterocycles. The molecule has 0 aliphatic rings. The zero-order valence-electron chi connectivity index (χ0n) is 24.8. The lowest BCUT2D eigenvalue weighted by Crippen LogP contribution is -2.08. The van der Waals surface area contributed by atoms with Crippen LogP contribution in [0.1, 0.15) is 68.6 Å². The molecule has 228 valence electrons. The SMILES string of the molecule is CCCCCCCCCCOc1ccc(N=Nc2ccc(C(=O)Oc3ccc(N=Nc4cccc(F)c4)c(F)c3)cc2)cc1. The molecule has 0 atom stereocenters. The molecule has 0 bridgehead atoms. The van der Waals surface area contributed by atoms with Crippen LogP contribution in [-0.2, 0) is 0 Å². The van der Waals surface area contributed by atoms with Gasteiger partial charge in [0, 0.05) is 12.1 Å². The van der Waals surface area contributed by atoms with Crippen LogP contribution in [0.3, 0.4) is 0 Å². The van der Waals surface area contributed by atoms with E-state index >= 15 is 0 Å². The van der Waals surface area contributed by atoms with Crippen LogP contribution in [0.15, 0.2) is 111 Å². The van der Waals surface area contributed by atoms with Gasteiger partial charge in [-0.2, -0.15) is 15.3 Å². The van der Waals surface area contributed by atoms with Crippen LogP contribution in [-0.4, -0.2) is 12.6 Å². The zero-order chi connectivity index (χ0) is 31.0. The maximum atomic E-state index is 14.5. The van der Waals surface area contributed by atoms with Gasteiger partial charge in [0.2, 0.25) is 0 Å². The van der Waals surface area contributed by atoms with Crippen LogP contribution in [0, 0.1) is 11.6 Å². The normalized spacial score (nSPS) is 11.3. The second-order valence-corrected chi connectivity index (χ2v) is 10.2. The van der Waals surface area contributed by atoms with Gasteiger partial charge in [0.15, 0.2) is 5.82 Å². The molecule has 44 heavy (non-hydrogen) atoms. The Bertz CT molecular complexity index is 1540. The molecule has 0 radical (unpaired) electrons. The van der Waals surface area contributed by atoms with Crippen molar-refractivity contribution in [1.82, 2.24) is 0 Å². The van der Waals surface area contributed by atoms with Gasteiger partial charge in [0.05, 0.1) is 29.2 Å². The van der Waals surface area contributed by atoms with Crippen LogP contribution in [0.4, 0.5) is 31.5 Å². The van der Waals surface area contributed by atoms with E-state index in [2.05, 4.69) is 27.4 Å². The highest BCUT2D eigenvalue weighted by Crippen LogP contribution is 2.27. The molecule has 0 saturated carbocycles. The van der Waals surface area contributed by atoms with Crippen molar-refractivity contribution < 1.29 is 23.0 Å². The number of halogens is 2. The third-order valence-electron chi connectivity index (χ3n) is 6.70. The number of rotatable bonds is 16. The van der Waals surface area contributed by atoms with Gasteiger partial charge in [0.1, 0.15) is 23.0 Å². The Morgan fingerprint density at radius 2 is 1.25 bits per heavy atom. The highest BCUT2D eigenvalue weighted by atomic mass is 19.1. The maximum Gasteiger partial charge on any atom is 0.343 e. The number of ether oxygens (including phenoxy) is 2. The first kappa shape index (κ1) is 32.1. The number of hydrogen-bond acceptors (Lipinski definition) is 7. The minimum atomic E-state index is -0.741. The molecule has 0 spiro atoms. The van der Waals surface area contributed by atoms with Crippen molar-refractivity contribution in [2.24, 2.45) is 20.5 Å². The monoisotopic (exact) mass is 598 g/mol. The van der Waals surface area contributed by atoms with Gasteiger partial charge in [-0.05, 0) is 79.2 Å². The van der Waals surface area contributed by atoms with Crippen molar-refractivity contribution in [3.8, 4) is 11.5 Å².